The van der Waals surface area contributed by atoms with Crippen molar-refractivity contribution >= 4 is 23.2 Å². The molecule has 2 heterocycles. The number of aryl methyl sites for hydroxylation is 1. The first kappa shape index (κ1) is 14.0. The highest BCUT2D eigenvalue weighted by molar-refractivity contribution is 7.09. The van der Waals surface area contributed by atoms with Crippen LogP contribution in [0.5, 0.6) is 0 Å². The van der Waals surface area contributed by atoms with Crippen molar-refractivity contribution in [2.24, 2.45) is 0 Å². The molecule has 0 spiro atoms. The van der Waals surface area contributed by atoms with E-state index in [2.05, 4.69) is 10.3 Å². The van der Waals surface area contributed by atoms with Crippen molar-refractivity contribution in [1.82, 2.24) is 15.2 Å². The summed E-state index contributed by atoms with van der Waals surface area (Å²) in [5.74, 6) is 0.235. The van der Waals surface area contributed by atoms with Crippen molar-refractivity contribution in [1.29, 1.82) is 0 Å². The minimum Gasteiger partial charge on any atom is -0.352 e. The van der Waals surface area contributed by atoms with E-state index in [1.807, 2.05) is 11.8 Å². The molecule has 1 aromatic rings. The number of thiazole rings is 1. The molecule has 104 valence electrons. The van der Waals surface area contributed by atoms with Crippen LogP contribution in [-0.4, -0.2) is 40.8 Å². The Bertz CT molecular complexity index is 433. The van der Waals surface area contributed by atoms with Crippen molar-refractivity contribution in [2.45, 2.75) is 38.6 Å². The van der Waals surface area contributed by atoms with Gasteiger partial charge in [0.25, 0.3) is 0 Å². The monoisotopic (exact) mass is 281 g/mol. The summed E-state index contributed by atoms with van der Waals surface area (Å²) in [5.41, 5.74) is 1.77. The third-order valence-corrected chi connectivity index (χ3v) is 3.99. The largest absolute Gasteiger partial charge is 0.352 e. The number of rotatable bonds is 6. The summed E-state index contributed by atoms with van der Waals surface area (Å²) in [6, 6.07) is 0.0102. The SMILES string of the molecule is CC(CN1CCCC1=O)NC(=O)CCc1cncs1. The first-order valence-corrected chi connectivity index (χ1v) is 7.47. The number of nitrogens with zero attached hydrogens (tertiary/aromatic N) is 2. The molecule has 1 aliphatic heterocycles. The summed E-state index contributed by atoms with van der Waals surface area (Å²) in [5, 5.41) is 2.94. The Morgan fingerprint density at radius 3 is 3.11 bits per heavy atom. The van der Waals surface area contributed by atoms with E-state index in [0.717, 1.165) is 24.3 Å². The van der Waals surface area contributed by atoms with Gasteiger partial charge in [-0.3, -0.25) is 14.6 Å². The van der Waals surface area contributed by atoms with Gasteiger partial charge in [-0.1, -0.05) is 0 Å². The number of aromatic nitrogens is 1. The Morgan fingerprint density at radius 1 is 1.63 bits per heavy atom. The molecule has 2 amide bonds. The Balaban J connectivity index is 1.68. The van der Waals surface area contributed by atoms with E-state index in [4.69, 9.17) is 0 Å². The molecule has 1 N–H and O–H groups in total. The summed E-state index contributed by atoms with van der Waals surface area (Å²) in [7, 11) is 0. The first-order chi connectivity index (χ1) is 9.15. The molecule has 1 atom stereocenters. The van der Waals surface area contributed by atoms with Crippen molar-refractivity contribution in [3.63, 3.8) is 0 Å². The van der Waals surface area contributed by atoms with Crippen molar-refractivity contribution < 1.29 is 9.59 Å². The summed E-state index contributed by atoms with van der Waals surface area (Å²) in [4.78, 5) is 30.2. The molecular weight excluding hydrogens is 262 g/mol. The van der Waals surface area contributed by atoms with Crippen LogP contribution in [0.15, 0.2) is 11.7 Å². The Labute approximate surface area is 117 Å². The maximum absolute atomic E-state index is 11.8. The number of hydrogen-bond donors (Lipinski definition) is 1. The highest BCUT2D eigenvalue weighted by Crippen LogP contribution is 2.10. The average Bonchev–Trinajstić information content (AvgIpc) is 2.99. The molecule has 0 bridgehead atoms. The quantitative estimate of drug-likeness (QED) is 0.852. The van der Waals surface area contributed by atoms with E-state index < -0.39 is 0 Å². The molecule has 1 fully saturated rings. The van der Waals surface area contributed by atoms with E-state index in [0.29, 0.717) is 19.4 Å². The fraction of sp³-hybridized carbons (Fsp3) is 0.615. The lowest BCUT2D eigenvalue weighted by atomic mass is 10.2. The normalized spacial score (nSPS) is 16.7. The van der Waals surface area contributed by atoms with Crippen molar-refractivity contribution in [2.75, 3.05) is 13.1 Å². The van der Waals surface area contributed by atoms with E-state index >= 15 is 0 Å². The number of likely N-dealkylation sites (tertiary alicyclic amines) is 1. The molecule has 0 aromatic carbocycles. The lowest BCUT2D eigenvalue weighted by molar-refractivity contribution is -0.129. The second-order valence-corrected chi connectivity index (χ2v) is 5.85. The van der Waals surface area contributed by atoms with Gasteiger partial charge in [-0.2, -0.15) is 0 Å². The predicted molar refractivity (Wildman–Crippen MR) is 73.9 cm³/mol. The van der Waals surface area contributed by atoms with Crippen LogP contribution < -0.4 is 5.32 Å². The minimum absolute atomic E-state index is 0.0102. The Kier molecular flexibility index (Phi) is 4.90. The second kappa shape index (κ2) is 6.65. The van der Waals surface area contributed by atoms with Crippen LogP contribution in [0.3, 0.4) is 0 Å². The molecule has 5 nitrogen and oxygen atoms in total. The smallest absolute Gasteiger partial charge is 0.222 e. The molecule has 0 aliphatic carbocycles. The maximum Gasteiger partial charge on any atom is 0.222 e. The molecule has 2 rings (SSSR count). The third-order valence-electron chi connectivity index (χ3n) is 3.15. The first-order valence-electron chi connectivity index (χ1n) is 6.59. The molecule has 1 aliphatic rings. The number of carbonyl (C=O) groups excluding carboxylic acids is 2. The summed E-state index contributed by atoms with van der Waals surface area (Å²) >= 11 is 1.57. The molecule has 1 saturated heterocycles. The summed E-state index contributed by atoms with van der Waals surface area (Å²) in [6.07, 6.45) is 4.58. The molecule has 1 unspecified atom stereocenters. The van der Waals surface area contributed by atoms with E-state index in [-0.39, 0.29) is 17.9 Å². The van der Waals surface area contributed by atoms with Gasteiger partial charge in [-0.25, -0.2) is 0 Å². The van der Waals surface area contributed by atoms with Gasteiger partial charge in [0.05, 0.1) is 5.51 Å². The van der Waals surface area contributed by atoms with Crippen LogP contribution >= 0.6 is 11.3 Å². The zero-order valence-corrected chi connectivity index (χ0v) is 11.9. The highest BCUT2D eigenvalue weighted by atomic mass is 32.1. The van der Waals surface area contributed by atoms with Crippen LogP contribution in [0.25, 0.3) is 0 Å². The maximum atomic E-state index is 11.8. The lowest BCUT2D eigenvalue weighted by Crippen LogP contribution is -2.42. The molecular formula is C13H19N3O2S. The Morgan fingerprint density at radius 2 is 2.47 bits per heavy atom. The third kappa shape index (κ3) is 4.31. The van der Waals surface area contributed by atoms with Gasteiger partial charge >= 0.3 is 0 Å². The zero-order valence-electron chi connectivity index (χ0n) is 11.1. The number of amides is 2. The molecule has 19 heavy (non-hydrogen) atoms. The van der Waals surface area contributed by atoms with Crippen LogP contribution in [0, 0.1) is 0 Å². The van der Waals surface area contributed by atoms with Crippen LogP contribution in [0.4, 0.5) is 0 Å². The standard InChI is InChI=1S/C13H19N3O2S/c1-10(8-16-6-2-3-13(16)18)15-12(17)5-4-11-7-14-9-19-11/h7,9-10H,2-6,8H2,1H3,(H,15,17). The minimum atomic E-state index is 0.0102. The van der Waals surface area contributed by atoms with Gasteiger partial charge in [-0.15, -0.1) is 11.3 Å². The van der Waals surface area contributed by atoms with Gasteiger partial charge < -0.3 is 10.2 Å². The molecule has 1 aromatic heterocycles. The van der Waals surface area contributed by atoms with E-state index in [1.54, 1.807) is 23.0 Å². The fourth-order valence-electron chi connectivity index (χ4n) is 2.22. The van der Waals surface area contributed by atoms with Gasteiger partial charge in [0.2, 0.25) is 11.8 Å². The number of hydrogen-bond acceptors (Lipinski definition) is 4. The zero-order chi connectivity index (χ0) is 13.7. The molecule has 6 heteroatoms. The van der Waals surface area contributed by atoms with E-state index in [1.165, 1.54) is 0 Å². The Hall–Kier alpha value is -1.43. The fourth-order valence-corrected chi connectivity index (χ4v) is 2.82. The average molecular weight is 281 g/mol. The second-order valence-electron chi connectivity index (χ2n) is 4.88. The van der Waals surface area contributed by atoms with Gasteiger partial charge in [-0.05, 0) is 19.8 Å². The van der Waals surface area contributed by atoms with Gasteiger partial charge in [0, 0.05) is 43.0 Å². The van der Waals surface area contributed by atoms with Crippen LogP contribution in [0.1, 0.15) is 31.1 Å². The predicted octanol–water partition coefficient (Wildman–Crippen LogP) is 1.20. The van der Waals surface area contributed by atoms with Gasteiger partial charge in [0.1, 0.15) is 0 Å². The number of carbonyl (C=O) groups is 2. The lowest BCUT2D eigenvalue weighted by Gasteiger charge is -2.21. The van der Waals surface area contributed by atoms with Crippen molar-refractivity contribution in [3.8, 4) is 0 Å². The van der Waals surface area contributed by atoms with Crippen LogP contribution in [0.2, 0.25) is 0 Å². The molecule has 0 saturated carbocycles. The summed E-state index contributed by atoms with van der Waals surface area (Å²) < 4.78 is 0. The highest BCUT2D eigenvalue weighted by Gasteiger charge is 2.22. The summed E-state index contributed by atoms with van der Waals surface area (Å²) in [6.45, 7) is 3.38. The van der Waals surface area contributed by atoms with Crippen LogP contribution in [-0.2, 0) is 16.0 Å². The van der Waals surface area contributed by atoms with Gasteiger partial charge in [0.15, 0.2) is 0 Å². The topological polar surface area (TPSA) is 62.3 Å². The number of nitrogens with one attached hydrogen (secondary N) is 1. The molecule has 0 radical (unpaired) electrons. The van der Waals surface area contributed by atoms with E-state index in [9.17, 15) is 9.59 Å². The van der Waals surface area contributed by atoms with Crippen molar-refractivity contribution in [3.05, 3.63) is 16.6 Å².